The lowest BCUT2D eigenvalue weighted by atomic mass is 10.0. The Balaban J connectivity index is 2.26. The van der Waals surface area contributed by atoms with Crippen molar-refractivity contribution in [2.75, 3.05) is 6.54 Å². The van der Waals surface area contributed by atoms with Crippen LogP contribution in [-0.4, -0.2) is 26.1 Å². The Kier molecular flexibility index (Phi) is 4.27. The van der Waals surface area contributed by atoms with Gasteiger partial charge in [0.05, 0.1) is 11.9 Å². The van der Waals surface area contributed by atoms with Crippen molar-refractivity contribution in [1.82, 2.24) is 24.9 Å². The Bertz CT molecular complexity index is 557. The fourth-order valence-corrected chi connectivity index (χ4v) is 2.54. The Morgan fingerprint density at radius 2 is 2.16 bits per heavy atom. The number of nitrogens with zero attached hydrogens (tertiary/aromatic N) is 4. The van der Waals surface area contributed by atoms with Crippen LogP contribution < -0.4 is 5.32 Å². The topological polar surface area (TPSA) is 47.7 Å². The molecular weight excluding hydrogens is 262 g/mol. The van der Waals surface area contributed by atoms with Crippen molar-refractivity contribution >= 4 is 11.6 Å². The Labute approximate surface area is 118 Å². The van der Waals surface area contributed by atoms with Gasteiger partial charge in [0, 0.05) is 37.5 Å². The van der Waals surface area contributed by atoms with Crippen LogP contribution in [0.2, 0.25) is 5.15 Å². The summed E-state index contributed by atoms with van der Waals surface area (Å²) >= 11 is 6.30. The Hall–Kier alpha value is -1.33. The molecule has 0 fully saturated rings. The zero-order valence-corrected chi connectivity index (χ0v) is 12.6. The van der Waals surface area contributed by atoms with Gasteiger partial charge in [-0.3, -0.25) is 9.36 Å². The van der Waals surface area contributed by atoms with Gasteiger partial charge in [0.25, 0.3) is 0 Å². The van der Waals surface area contributed by atoms with E-state index in [1.807, 2.05) is 38.1 Å². The lowest BCUT2D eigenvalue weighted by molar-refractivity contribution is 0.548. The van der Waals surface area contributed by atoms with Crippen molar-refractivity contribution in [3.8, 4) is 0 Å². The minimum Gasteiger partial charge on any atom is -0.310 e. The van der Waals surface area contributed by atoms with Gasteiger partial charge in [0.2, 0.25) is 0 Å². The van der Waals surface area contributed by atoms with Gasteiger partial charge in [0.1, 0.15) is 5.15 Å². The average Bonchev–Trinajstić information content (AvgIpc) is 2.88. The maximum absolute atomic E-state index is 6.30. The molecule has 1 atom stereocenters. The molecule has 0 aliphatic rings. The molecule has 0 saturated carbocycles. The van der Waals surface area contributed by atoms with Gasteiger partial charge >= 0.3 is 0 Å². The lowest BCUT2D eigenvalue weighted by Crippen LogP contribution is -2.22. The molecule has 0 amide bonds. The van der Waals surface area contributed by atoms with Crippen LogP contribution in [0, 0.1) is 6.92 Å². The van der Waals surface area contributed by atoms with Crippen molar-refractivity contribution < 1.29 is 0 Å². The normalized spacial score (nSPS) is 12.9. The van der Waals surface area contributed by atoms with Gasteiger partial charge in [-0.15, -0.1) is 0 Å². The minimum atomic E-state index is 0.207. The molecule has 2 aromatic rings. The van der Waals surface area contributed by atoms with E-state index in [1.165, 1.54) is 5.56 Å². The fourth-order valence-electron chi connectivity index (χ4n) is 2.28. The van der Waals surface area contributed by atoms with E-state index in [4.69, 9.17) is 11.6 Å². The van der Waals surface area contributed by atoms with E-state index in [-0.39, 0.29) is 6.04 Å². The molecule has 0 aliphatic heterocycles. The van der Waals surface area contributed by atoms with Crippen LogP contribution in [0.3, 0.4) is 0 Å². The zero-order valence-electron chi connectivity index (χ0n) is 11.8. The molecule has 0 radical (unpaired) electrons. The monoisotopic (exact) mass is 281 g/mol. The molecule has 2 heterocycles. The molecule has 2 rings (SSSR count). The quantitative estimate of drug-likeness (QED) is 0.912. The molecule has 104 valence electrons. The summed E-state index contributed by atoms with van der Waals surface area (Å²) in [6.45, 7) is 4.99. The molecule has 6 heteroatoms. The molecule has 0 saturated heterocycles. The summed E-state index contributed by atoms with van der Waals surface area (Å²) in [7, 11) is 3.79. The summed E-state index contributed by atoms with van der Waals surface area (Å²) in [6.07, 6.45) is 4.75. The van der Waals surface area contributed by atoms with Crippen LogP contribution in [0.5, 0.6) is 0 Å². The third-order valence-electron chi connectivity index (χ3n) is 3.26. The second-order valence-corrected chi connectivity index (χ2v) is 5.10. The van der Waals surface area contributed by atoms with Crippen molar-refractivity contribution in [1.29, 1.82) is 0 Å². The van der Waals surface area contributed by atoms with Crippen molar-refractivity contribution in [3.05, 3.63) is 34.4 Å². The predicted molar refractivity (Wildman–Crippen MR) is 76.3 cm³/mol. The number of aryl methyl sites for hydroxylation is 3. The summed E-state index contributed by atoms with van der Waals surface area (Å²) < 4.78 is 3.54. The standard InChI is InChI=1S/C13H20ClN5/c1-5-15-12(10-7-16-18(3)8-10)6-11-9(2)17-19(4)13(11)14/h7-8,12,15H,5-6H2,1-4H3. The van der Waals surface area contributed by atoms with Crippen LogP contribution in [0.25, 0.3) is 0 Å². The number of aromatic nitrogens is 4. The van der Waals surface area contributed by atoms with E-state index in [0.717, 1.165) is 24.2 Å². The number of hydrogen-bond donors (Lipinski definition) is 1. The van der Waals surface area contributed by atoms with E-state index in [0.29, 0.717) is 5.15 Å². The van der Waals surface area contributed by atoms with Crippen LogP contribution in [0.15, 0.2) is 12.4 Å². The third kappa shape index (κ3) is 2.98. The van der Waals surface area contributed by atoms with Gasteiger partial charge < -0.3 is 5.32 Å². The first-order chi connectivity index (χ1) is 9.02. The van der Waals surface area contributed by atoms with Crippen LogP contribution in [-0.2, 0) is 20.5 Å². The predicted octanol–water partition coefficient (Wildman–Crippen LogP) is 2.01. The molecule has 0 bridgehead atoms. The van der Waals surface area contributed by atoms with Gasteiger partial charge in [-0.25, -0.2) is 0 Å². The van der Waals surface area contributed by atoms with Gasteiger partial charge in [-0.1, -0.05) is 18.5 Å². The smallest absolute Gasteiger partial charge is 0.130 e. The molecule has 19 heavy (non-hydrogen) atoms. The number of hydrogen-bond acceptors (Lipinski definition) is 3. The van der Waals surface area contributed by atoms with Gasteiger partial charge in [-0.05, 0) is 19.9 Å². The molecule has 1 unspecified atom stereocenters. The molecule has 0 aromatic carbocycles. The number of halogens is 1. The lowest BCUT2D eigenvalue weighted by Gasteiger charge is -2.16. The summed E-state index contributed by atoms with van der Waals surface area (Å²) in [4.78, 5) is 0. The van der Waals surface area contributed by atoms with Crippen LogP contribution >= 0.6 is 11.6 Å². The van der Waals surface area contributed by atoms with E-state index >= 15 is 0 Å². The van der Waals surface area contributed by atoms with Crippen molar-refractivity contribution in [3.63, 3.8) is 0 Å². The molecule has 5 nitrogen and oxygen atoms in total. The Morgan fingerprint density at radius 1 is 1.42 bits per heavy atom. The maximum atomic E-state index is 6.30. The van der Waals surface area contributed by atoms with Gasteiger partial charge in [-0.2, -0.15) is 10.2 Å². The highest BCUT2D eigenvalue weighted by atomic mass is 35.5. The molecule has 2 aromatic heterocycles. The third-order valence-corrected chi connectivity index (χ3v) is 3.73. The van der Waals surface area contributed by atoms with E-state index in [1.54, 1.807) is 4.68 Å². The number of likely N-dealkylation sites (N-methyl/N-ethyl adjacent to an activating group) is 1. The maximum Gasteiger partial charge on any atom is 0.130 e. The van der Waals surface area contributed by atoms with Crippen molar-refractivity contribution in [2.24, 2.45) is 14.1 Å². The number of rotatable bonds is 5. The highest BCUT2D eigenvalue weighted by Gasteiger charge is 2.19. The summed E-state index contributed by atoms with van der Waals surface area (Å²) in [5, 5.41) is 12.8. The van der Waals surface area contributed by atoms with E-state index in [2.05, 4.69) is 22.4 Å². The van der Waals surface area contributed by atoms with Crippen LogP contribution in [0.4, 0.5) is 0 Å². The summed E-state index contributed by atoms with van der Waals surface area (Å²) in [6, 6.07) is 0.207. The first-order valence-corrected chi connectivity index (χ1v) is 6.80. The SMILES string of the molecule is CCNC(Cc1c(C)nn(C)c1Cl)c1cnn(C)c1. The van der Waals surface area contributed by atoms with Gasteiger partial charge in [0.15, 0.2) is 0 Å². The second kappa shape index (κ2) is 5.75. The molecular formula is C13H20ClN5. The van der Waals surface area contributed by atoms with E-state index in [9.17, 15) is 0 Å². The van der Waals surface area contributed by atoms with E-state index < -0.39 is 0 Å². The summed E-state index contributed by atoms with van der Waals surface area (Å²) in [5.41, 5.74) is 3.25. The minimum absolute atomic E-state index is 0.207. The first kappa shape index (κ1) is 14.1. The van der Waals surface area contributed by atoms with Crippen molar-refractivity contribution in [2.45, 2.75) is 26.3 Å². The first-order valence-electron chi connectivity index (χ1n) is 6.42. The Morgan fingerprint density at radius 3 is 2.63 bits per heavy atom. The highest BCUT2D eigenvalue weighted by Crippen LogP contribution is 2.25. The van der Waals surface area contributed by atoms with Crippen LogP contribution in [0.1, 0.15) is 29.8 Å². The molecule has 0 spiro atoms. The summed E-state index contributed by atoms with van der Waals surface area (Å²) in [5.74, 6) is 0. The number of nitrogens with one attached hydrogen (secondary N) is 1. The molecule has 1 N–H and O–H groups in total. The molecule has 0 aliphatic carbocycles. The largest absolute Gasteiger partial charge is 0.310 e. The fraction of sp³-hybridized carbons (Fsp3) is 0.538. The highest BCUT2D eigenvalue weighted by molar-refractivity contribution is 6.30. The second-order valence-electron chi connectivity index (χ2n) is 4.74. The average molecular weight is 282 g/mol. The zero-order chi connectivity index (χ0) is 14.0.